The highest BCUT2D eigenvalue weighted by molar-refractivity contribution is 6.36. The highest BCUT2D eigenvalue weighted by Crippen LogP contribution is 2.37. The van der Waals surface area contributed by atoms with Crippen LogP contribution in [-0.4, -0.2) is 19.5 Å². The largest absolute Gasteiger partial charge is 0.309 e. The highest BCUT2D eigenvalue weighted by atomic mass is 35.5. The molecule has 9 aromatic rings. The Morgan fingerprint density at radius 2 is 1.02 bits per heavy atom. The van der Waals surface area contributed by atoms with E-state index in [-0.39, 0.29) is 0 Å². The molecule has 0 saturated carbocycles. The number of hydrogen-bond donors (Lipinski definition) is 0. The molecule has 0 spiro atoms. The van der Waals surface area contributed by atoms with Crippen molar-refractivity contribution in [1.82, 2.24) is 19.5 Å². The minimum atomic E-state index is 0.631. The van der Waals surface area contributed by atoms with Crippen LogP contribution in [-0.2, 0) is 0 Å². The van der Waals surface area contributed by atoms with Crippen molar-refractivity contribution in [2.24, 2.45) is 0 Å². The first-order chi connectivity index (χ1) is 22.7. The third-order valence-corrected chi connectivity index (χ3v) is 9.01. The van der Waals surface area contributed by atoms with Gasteiger partial charge in [0.05, 0.1) is 11.0 Å². The van der Waals surface area contributed by atoms with E-state index in [0.29, 0.717) is 17.5 Å². The Bertz CT molecular complexity index is 2590. The fraction of sp³-hybridized carbons (Fsp3) is 0. The molecule has 0 saturated heterocycles. The lowest BCUT2D eigenvalue weighted by molar-refractivity contribution is 1.07. The molecule has 216 valence electrons. The van der Waals surface area contributed by atoms with Crippen LogP contribution in [0.3, 0.4) is 0 Å². The monoisotopic (exact) mass is 608 g/mol. The predicted octanol–water partition coefficient (Wildman–Crippen LogP) is 10.9. The molecule has 0 aliphatic heterocycles. The summed E-state index contributed by atoms with van der Waals surface area (Å²) in [7, 11) is 0. The van der Waals surface area contributed by atoms with Gasteiger partial charge < -0.3 is 4.57 Å². The molecule has 4 nitrogen and oxygen atoms in total. The Morgan fingerprint density at radius 3 is 1.83 bits per heavy atom. The number of halogens is 1. The summed E-state index contributed by atoms with van der Waals surface area (Å²) in [4.78, 5) is 14.9. The van der Waals surface area contributed by atoms with E-state index < -0.39 is 0 Å². The van der Waals surface area contributed by atoms with Gasteiger partial charge in [-0.15, -0.1) is 0 Å². The molecule has 0 N–H and O–H groups in total. The van der Waals surface area contributed by atoms with E-state index in [1.807, 2.05) is 42.5 Å². The average Bonchev–Trinajstić information content (AvgIpc) is 3.44. The second-order valence-electron chi connectivity index (χ2n) is 11.5. The molecule has 2 aromatic heterocycles. The first-order valence-corrected chi connectivity index (χ1v) is 15.6. The Labute approximate surface area is 270 Å². The molecule has 0 atom stereocenters. The molecule has 0 aliphatic rings. The third kappa shape index (κ3) is 4.42. The molecule has 0 amide bonds. The molecule has 0 fully saturated rings. The molecule has 0 aliphatic carbocycles. The number of benzene rings is 7. The molecule has 46 heavy (non-hydrogen) atoms. The van der Waals surface area contributed by atoms with Gasteiger partial charge in [-0.05, 0) is 70.8 Å². The van der Waals surface area contributed by atoms with Gasteiger partial charge in [0, 0.05) is 43.6 Å². The van der Waals surface area contributed by atoms with Crippen molar-refractivity contribution in [2.75, 3.05) is 0 Å². The minimum Gasteiger partial charge on any atom is -0.309 e. The summed E-state index contributed by atoms with van der Waals surface area (Å²) in [5.41, 5.74) is 6.15. The first kappa shape index (κ1) is 26.6. The van der Waals surface area contributed by atoms with Crippen molar-refractivity contribution in [3.63, 3.8) is 0 Å². The average molecular weight is 609 g/mol. The van der Waals surface area contributed by atoms with Crippen molar-refractivity contribution in [1.29, 1.82) is 0 Å². The molecular formula is C41H25ClN4. The van der Waals surface area contributed by atoms with E-state index >= 15 is 0 Å². The van der Waals surface area contributed by atoms with Gasteiger partial charge in [0.25, 0.3) is 0 Å². The summed E-state index contributed by atoms with van der Waals surface area (Å²) in [5, 5.41) is 7.62. The lowest BCUT2D eigenvalue weighted by atomic mass is 10.1. The van der Waals surface area contributed by atoms with Crippen LogP contribution in [0.25, 0.3) is 83.2 Å². The van der Waals surface area contributed by atoms with Crippen molar-refractivity contribution < 1.29 is 0 Å². The van der Waals surface area contributed by atoms with Crippen LogP contribution in [0.5, 0.6) is 0 Å². The van der Waals surface area contributed by atoms with Crippen LogP contribution in [0.2, 0.25) is 5.02 Å². The summed E-state index contributed by atoms with van der Waals surface area (Å²) >= 11 is 6.61. The predicted molar refractivity (Wildman–Crippen MR) is 190 cm³/mol. The fourth-order valence-corrected chi connectivity index (χ4v) is 6.66. The van der Waals surface area contributed by atoms with Gasteiger partial charge in [-0.2, -0.15) is 0 Å². The van der Waals surface area contributed by atoms with Gasteiger partial charge in [0.2, 0.25) is 0 Å². The molecule has 0 bridgehead atoms. The van der Waals surface area contributed by atoms with Gasteiger partial charge in [0.15, 0.2) is 17.5 Å². The van der Waals surface area contributed by atoms with Crippen LogP contribution in [0.4, 0.5) is 0 Å². The smallest absolute Gasteiger partial charge is 0.164 e. The molecule has 7 aromatic carbocycles. The maximum absolute atomic E-state index is 6.61. The van der Waals surface area contributed by atoms with Crippen molar-refractivity contribution in [2.45, 2.75) is 0 Å². The summed E-state index contributed by atoms with van der Waals surface area (Å²) in [6.07, 6.45) is 0. The Balaban J connectivity index is 1.20. The van der Waals surface area contributed by atoms with Crippen molar-refractivity contribution in [3.8, 4) is 39.9 Å². The Kier molecular flexibility index (Phi) is 6.15. The van der Waals surface area contributed by atoms with E-state index in [0.717, 1.165) is 54.6 Å². The van der Waals surface area contributed by atoms with Crippen LogP contribution < -0.4 is 0 Å². The third-order valence-electron chi connectivity index (χ3n) is 8.68. The van der Waals surface area contributed by atoms with Gasteiger partial charge in [-0.3, -0.25) is 0 Å². The number of nitrogens with zero attached hydrogens (tertiary/aromatic N) is 4. The number of hydrogen-bond acceptors (Lipinski definition) is 3. The zero-order valence-corrected chi connectivity index (χ0v) is 25.4. The van der Waals surface area contributed by atoms with Crippen molar-refractivity contribution >= 4 is 55.0 Å². The summed E-state index contributed by atoms with van der Waals surface area (Å²) in [6, 6.07) is 52.3. The molecule has 5 heteroatoms. The zero-order valence-electron chi connectivity index (χ0n) is 24.6. The Hall–Kier alpha value is -5.84. The standard InChI is InChI=1S/C41H25ClN4/c42-36-15-8-13-30-24-38-35(25-34(30)36)33-14-6-7-16-37(33)46(38)32-21-19-28(20-22-32)40-43-39(27-10-2-1-3-11-27)44-41(45-40)31-18-17-26-9-4-5-12-29(26)23-31/h1-25H. The van der Waals surface area contributed by atoms with E-state index in [1.54, 1.807) is 0 Å². The van der Waals surface area contributed by atoms with E-state index in [9.17, 15) is 0 Å². The molecule has 0 radical (unpaired) electrons. The normalized spacial score (nSPS) is 11.6. The maximum atomic E-state index is 6.61. The van der Waals surface area contributed by atoms with E-state index in [1.165, 1.54) is 16.2 Å². The van der Waals surface area contributed by atoms with Gasteiger partial charge in [-0.1, -0.05) is 109 Å². The lowest BCUT2D eigenvalue weighted by Gasteiger charge is -2.11. The summed E-state index contributed by atoms with van der Waals surface area (Å²) < 4.78 is 2.32. The number of rotatable bonds is 4. The van der Waals surface area contributed by atoms with Gasteiger partial charge >= 0.3 is 0 Å². The number of fused-ring (bicyclic) bond motifs is 5. The fourth-order valence-electron chi connectivity index (χ4n) is 6.42. The molecule has 0 unspecified atom stereocenters. The van der Waals surface area contributed by atoms with Gasteiger partial charge in [0.1, 0.15) is 0 Å². The van der Waals surface area contributed by atoms with Crippen LogP contribution in [0, 0.1) is 0 Å². The van der Waals surface area contributed by atoms with Gasteiger partial charge in [-0.25, -0.2) is 15.0 Å². The maximum Gasteiger partial charge on any atom is 0.164 e. The van der Waals surface area contributed by atoms with Crippen LogP contribution in [0.1, 0.15) is 0 Å². The van der Waals surface area contributed by atoms with Crippen molar-refractivity contribution in [3.05, 3.63) is 157 Å². The minimum absolute atomic E-state index is 0.631. The highest BCUT2D eigenvalue weighted by Gasteiger charge is 2.16. The second-order valence-corrected chi connectivity index (χ2v) is 11.9. The van der Waals surface area contributed by atoms with E-state index in [2.05, 4.69) is 114 Å². The molecular weight excluding hydrogens is 584 g/mol. The van der Waals surface area contributed by atoms with Crippen LogP contribution >= 0.6 is 11.6 Å². The Morgan fingerprint density at radius 1 is 0.391 bits per heavy atom. The SMILES string of the molecule is Clc1cccc2cc3c(cc12)c1ccccc1n3-c1ccc(-c2nc(-c3ccccc3)nc(-c3ccc4ccccc4c3)n2)cc1. The zero-order chi connectivity index (χ0) is 30.6. The van der Waals surface area contributed by atoms with E-state index in [4.69, 9.17) is 26.6 Å². The van der Waals surface area contributed by atoms with Crippen LogP contribution in [0.15, 0.2) is 152 Å². The lowest BCUT2D eigenvalue weighted by Crippen LogP contribution is -2.00. The second kappa shape index (κ2) is 10.7. The number of para-hydroxylation sites is 1. The topological polar surface area (TPSA) is 43.6 Å². The molecule has 9 rings (SSSR count). The first-order valence-electron chi connectivity index (χ1n) is 15.2. The summed E-state index contributed by atoms with van der Waals surface area (Å²) in [6.45, 7) is 0. The quantitative estimate of drug-likeness (QED) is 0.200. The number of aromatic nitrogens is 4. The summed E-state index contributed by atoms with van der Waals surface area (Å²) in [5.74, 6) is 1.92. The molecule has 2 heterocycles.